The molecule has 2 aromatic carbocycles. The predicted molar refractivity (Wildman–Crippen MR) is 85.9 cm³/mol. The summed E-state index contributed by atoms with van der Waals surface area (Å²) >= 11 is 6.07. The molecular weight excluding hydrogens is 289 g/mol. The predicted octanol–water partition coefficient (Wildman–Crippen LogP) is 3.29. The number of nitrogens with zero attached hydrogens (tertiary/aromatic N) is 1. The first-order valence-corrected chi connectivity index (χ1v) is 7.07. The molecule has 0 amide bonds. The highest BCUT2D eigenvalue weighted by molar-refractivity contribution is 6.31. The lowest BCUT2D eigenvalue weighted by molar-refractivity contribution is 0.529. The van der Waals surface area contributed by atoms with E-state index in [-0.39, 0.29) is 11.9 Å². The van der Waals surface area contributed by atoms with Crippen molar-refractivity contribution in [3.05, 3.63) is 64.4 Å². The number of anilines is 1. The SMILES string of the molecule is CN(C)c1ccc(C(Cc2c(F)cccc2Cl)NN)cc1. The number of halogens is 2. The lowest BCUT2D eigenvalue weighted by atomic mass is 9.98. The first-order chi connectivity index (χ1) is 10.0. The van der Waals surface area contributed by atoms with Crippen LogP contribution in [0.3, 0.4) is 0 Å². The summed E-state index contributed by atoms with van der Waals surface area (Å²) in [6.07, 6.45) is 0.392. The molecule has 0 saturated carbocycles. The van der Waals surface area contributed by atoms with Gasteiger partial charge in [0.25, 0.3) is 0 Å². The number of nitrogens with two attached hydrogens (primary N) is 1. The largest absolute Gasteiger partial charge is 0.378 e. The van der Waals surface area contributed by atoms with Gasteiger partial charge in [-0.15, -0.1) is 0 Å². The highest BCUT2D eigenvalue weighted by atomic mass is 35.5. The molecule has 0 fully saturated rings. The average molecular weight is 308 g/mol. The van der Waals surface area contributed by atoms with Gasteiger partial charge >= 0.3 is 0 Å². The van der Waals surface area contributed by atoms with Gasteiger partial charge in [0.2, 0.25) is 0 Å². The summed E-state index contributed by atoms with van der Waals surface area (Å²) < 4.78 is 13.9. The summed E-state index contributed by atoms with van der Waals surface area (Å²) in [5.74, 6) is 5.31. The Morgan fingerprint density at radius 2 is 1.86 bits per heavy atom. The molecule has 0 saturated heterocycles. The van der Waals surface area contributed by atoms with Crippen LogP contribution in [0.4, 0.5) is 10.1 Å². The van der Waals surface area contributed by atoms with Crippen molar-refractivity contribution in [2.24, 2.45) is 5.84 Å². The lowest BCUT2D eigenvalue weighted by Crippen LogP contribution is -2.30. The van der Waals surface area contributed by atoms with Gasteiger partial charge in [0, 0.05) is 30.4 Å². The Labute approximate surface area is 129 Å². The van der Waals surface area contributed by atoms with Crippen LogP contribution in [0.25, 0.3) is 0 Å². The summed E-state index contributed by atoms with van der Waals surface area (Å²) in [5, 5.41) is 0.417. The standard InChI is InChI=1S/C16H19ClFN3/c1-21(2)12-8-6-11(7-9-12)16(20-19)10-13-14(17)4-3-5-15(13)18/h3-9,16,20H,10,19H2,1-2H3. The number of benzene rings is 2. The molecule has 1 atom stereocenters. The molecule has 0 aliphatic rings. The zero-order chi connectivity index (χ0) is 15.4. The molecule has 21 heavy (non-hydrogen) atoms. The van der Waals surface area contributed by atoms with E-state index in [9.17, 15) is 4.39 Å². The highest BCUT2D eigenvalue weighted by Crippen LogP contribution is 2.26. The van der Waals surface area contributed by atoms with Gasteiger partial charge in [-0.3, -0.25) is 11.3 Å². The Bertz CT molecular complexity index is 579. The van der Waals surface area contributed by atoms with E-state index in [1.54, 1.807) is 12.1 Å². The molecule has 1 unspecified atom stereocenters. The van der Waals surface area contributed by atoms with Crippen LogP contribution < -0.4 is 16.2 Å². The van der Waals surface area contributed by atoms with E-state index in [0.29, 0.717) is 17.0 Å². The molecule has 0 heterocycles. The van der Waals surface area contributed by atoms with Crippen molar-refractivity contribution in [1.82, 2.24) is 5.43 Å². The van der Waals surface area contributed by atoms with Crippen molar-refractivity contribution in [2.75, 3.05) is 19.0 Å². The first kappa shape index (κ1) is 15.8. The van der Waals surface area contributed by atoms with Crippen LogP contribution in [0.5, 0.6) is 0 Å². The number of hydrogen-bond acceptors (Lipinski definition) is 3. The second-order valence-corrected chi connectivity index (χ2v) is 5.52. The van der Waals surface area contributed by atoms with Gasteiger partial charge in [0.15, 0.2) is 0 Å². The van der Waals surface area contributed by atoms with Crippen LogP contribution in [0.1, 0.15) is 17.2 Å². The molecule has 3 nitrogen and oxygen atoms in total. The molecule has 0 bridgehead atoms. The van der Waals surface area contributed by atoms with Crippen LogP contribution in [0.2, 0.25) is 5.02 Å². The summed E-state index contributed by atoms with van der Waals surface area (Å²) in [6, 6.07) is 12.5. The minimum atomic E-state index is -0.312. The fourth-order valence-electron chi connectivity index (χ4n) is 2.21. The Balaban J connectivity index is 2.24. The maximum Gasteiger partial charge on any atom is 0.127 e. The first-order valence-electron chi connectivity index (χ1n) is 6.69. The number of hydrazine groups is 1. The van der Waals surface area contributed by atoms with Crippen LogP contribution in [0.15, 0.2) is 42.5 Å². The average Bonchev–Trinajstić information content (AvgIpc) is 2.47. The molecule has 0 spiro atoms. The van der Waals surface area contributed by atoms with Crippen LogP contribution in [0, 0.1) is 5.82 Å². The van der Waals surface area contributed by atoms with Gasteiger partial charge in [-0.05, 0) is 36.2 Å². The van der Waals surface area contributed by atoms with E-state index in [1.807, 2.05) is 43.3 Å². The zero-order valence-corrected chi connectivity index (χ0v) is 12.9. The Morgan fingerprint density at radius 1 is 1.19 bits per heavy atom. The van der Waals surface area contributed by atoms with Gasteiger partial charge in [-0.25, -0.2) is 4.39 Å². The molecule has 3 N–H and O–H groups in total. The fourth-order valence-corrected chi connectivity index (χ4v) is 2.45. The van der Waals surface area contributed by atoms with E-state index in [4.69, 9.17) is 17.4 Å². The van der Waals surface area contributed by atoms with E-state index in [2.05, 4.69) is 5.43 Å². The summed E-state index contributed by atoms with van der Waals surface area (Å²) in [7, 11) is 3.96. The van der Waals surface area contributed by atoms with E-state index >= 15 is 0 Å². The van der Waals surface area contributed by atoms with Crippen LogP contribution in [-0.2, 0) is 6.42 Å². The van der Waals surface area contributed by atoms with Crippen molar-refractivity contribution in [2.45, 2.75) is 12.5 Å². The van der Waals surface area contributed by atoms with Crippen molar-refractivity contribution in [1.29, 1.82) is 0 Å². The van der Waals surface area contributed by atoms with Gasteiger partial charge in [-0.2, -0.15) is 0 Å². The number of nitrogens with one attached hydrogen (secondary N) is 1. The van der Waals surface area contributed by atoms with Crippen LogP contribution >= 0.6 is 11.6 Å². The molecule has 0 radical (unpaired) electrons. The summed E-state index contributed by atoms with van der Waals surface area (Å²) in [4.78, 5) is 2.02. The van der Waals surface area contributed by atoms with Crippen LogP contribution in [-0.4, -0.2) is 14.1 Å². The Hall–Kier alpha value is -1.62. The van der Waals surface area contributed by atoms with Crippen molar-refractivity contribution < 1.29 is 4.39 Å². The molecule has 2 aromatic rings. The van der Waals surface area contributed by atoms with Crippen molar-refractivity contribution >= 4 is 17.3 Å². The topological polar surface area (TPSA) is 41.3 Å². The number of hydrogen-bond donors (Lipinski definition) is 2. The molecule has 5 heteroatoms. The normalized spacial score (nSPS) is 12.2. The maximum atomic E-state index is 13.9. The monoisotopic (exact) mass is 307 g/mol. The lowest BCUT2D eigenvalue weighted by Gasteiger charge is -2.19. The second-order valence-electron chi connectivity index (χ2n) is 5.11. The molecular formula is C16H19ClFN3. The van der Waals surface area contributed by atoms with Gasteiger partial charge in [-0.1, -0.05) is 29.8 Å². The van der Waals surface area contributed by atoms with Gasteiger partial charge < -0.3 is 4.90 Å². The van der Waals surface area contributed by atoms with E-state index < -0.39 is 0 Å². The fraction of sp³-hybridized carbons (Fsp3) is 0.250. The quantitative estimate of drug-likeness (QED) is 0.658. The summed E-state index contributed by atoms with van der Waals surface area (Å²) in [5.41, 5.74) is 5.29. The zero-order valence-electron chi connectivity index (χ0n) is 12.1. The number of rotatable bonds is 5. The second kappa shape index (κ2) is 6.89. The molecule has 2 rings (SSSR count). The highest BCUT2D eigenvalue weighted by Gasteiger charge is 2.15. The Kier molecular flexibility index (Phi) is 5.17. The van der Waals surface area contributed by atoms with Crippen molar-refractivity contribution in [3.8, 4) is 0 Å². The minimum Gasteiger partial charge on any atom is -0.378 e. The van der Waals surface area contributed by atoms with Gasteiger partial charge in [0.1, 0.15) is 5.82 Å². The molecule has 0 aliphatic carbocycles. The minimum absolute atomic E-state index is 0.199. The molecule has 0 aromatic heterocycles. The third-order valence-corrected chi connectivity index (χ3v) is 3.84. The van der Waals surface area contributed by atoms with Crippen molar-refractivity contribution in [3.63, 3.8) is 0 Å². The van der Waals surface area contributed by atoms with E-state index in [1.165, 1.54) is 6.07 Å². The third-order valence-electron chi connectivity index (χ3n) is 3.48. The van der Waals surface area contributed by atoms with Gasteiger partial charge in [0.05, 0.1) is 6.04 Å². The van der Waals surface area contributed by atoms with E-state index in [0.717, 1.165) is 11.3 Å². The smallest absolute Gasteiger partial charge is 0.127 e. The summed E-state index contributed by atoms with van der Waals surface area (Å²) in [6.45, 7) is 0. The Morgan fingerprint density at radius 3 is 2.38 bits per heavy atom. The molecule has 0 aliphatic heterocycles. The third kappa shape index (κ3) is 3.73. The maximum absolute atomic E-state index is 13.9. The molecule has 112 valence electrons.